The Labute approximate surface area is 227 Å². The number of benzene rings is 3. The zero-order chi connectivity index (χ0) is 27.7. The fraction of sp³-hybridized carbons (Fsp3) is 0.312. The molecular weight excluding hydrogens is 492 g/mol. The predicted octanol–water partition coefficient (Wildman–Crippen LogP) is 5.24. The molecule has 0 bridgehead atoms. The Morgan fingerprint density at radius 2 is 1.49 bits per heavy atom. The van der Waals surface area contributed by atoms with E-state index in [0.29, 0.717) is 28.2 Å². The zero-order valence-corrected chi connectivity index (χ0v) is 22.6. The maximum Gasteiger partial charge on any atom is 0.180 e. The molecule has 0 amide bonds. The number of nitrogens with zero attached hydrogens (tertiary/aromatic N) is 2. The SMILES string of the molecule is COc1ccc([C@@H]2[C@@H](C(=O)C(C)(C)C)N3N=Cc4ccccc4[C@H]3C23C(=O)c2ccccc2C3=O)cc1OC. The normalized spacial score (nSPS) is 22.5. The second-order valence-corrected chi connectivity index (χ2v) is 11.4. The van der Waals surface area contributed by atoms with Gasteiger partial charge in [-0.15, -0.1) is 0 Å². The number of Topliss-reactive ketones (excluding diaryl/α,β-unsaturated/α-hetero) is 3. The maximum absolute atomic E-state index is 14.7. The predicted molar refractivity (Wildman–Crippen MR) is 147 cm³/mol. The Kier molecular flexibility index (Phi) is 5.54. The molecular formula is C32H30N2O5. The van der Waals surface area contributed by atoms with Crippen molar-refractivity contribution in [2.75, 3.05) is 14.2 Å². The second kappa shape index (κ2) is 8.63. The summed E-state index contributed by atoms with van der Waals surface area (Å²) in [6, 6.07) is 18.3. The van der Waals surface area contributed by atoms with Gasteiger partial charge in [0.15, 0.2) is 28.8 Å². The smallest absolute Gasteiger partial charge is 0.180 e. The van der Waals surface area contributed by atoms with Crippen LogP contribution in [0.5, 0.6) is 11.5 Å². The van der Waals surface area contributed by atoms with Crippen LogP contribution in [0.3, 0.4) is 0 Å². The molecule has 1 spiro atoms. The summed E-state index contributed by atoms with van der Waals surface area (Å²) in [5.74, 6) is -0.526. The summed E-state index contributed by atoms with van der Waals surface area (Å²) in [5, 5.41) is 6.50. The van der Waals surface area contributed by atoms with Crippen molar-refractivity contribution in [3.8, 4) is 11.5 Å². The number of carbonyl (C=O) groups is 3. The van der Waals surface area contributed by atoms with Crippen molar-refractivity contribution in [1.29, 1.82) is 0 Å². The first-order valence-electron chi connectivity index (χ1n) is 13.0. The molecule has 1 aliphatic carbocycles. The van der Waals surface area contributed by atoms with E-state index < -0.39 is 28.8 Å². The highest BCUT2D eigenvalue weighted by Crippen LogP contribution is 2.65. The number of methoxy groups -OCH3 is 2. The number of rotatable bonds is 4. The summed E-state index contributed by atoms with van der Waals surface area (Å²) >= 11 is 0. The van der Waals surface area contributed by atoms with E-state index in [1.807, 2.05) is 51.1 Å². The van der Waals surface area contributed by atoms with Crippen LogP contribution in [0.15, 0.2) is 71.8 Å². The van der Waals surface area contributed by atoms with Crippen molar-refractivity contribution in [1.82, 2.24) is 5.01 Å². The molecule has 6 rings (SSSR count). The first-order valence-corrected chi connectivity index (χ1v) is 13.0. The monoisotopic (exact) mass is 522 g/mol. The van der Waals surface area contributed by atoms with Gasteiger partial charge in [0.1, 0.15) is 11.5 Å². The van der Waals surface area contributed by atoms with Gasteiger partial charge in [0.25, 0.3) is 0 Å². The van der Waals surface area contributed by atoms with Crippen molar-refractivity contribution in [3.05, 3.63) is 94.5 Å². The van der Waals surface area contributed by atoms with Gasteiger partial charge in [0, 0.05) is 22.5 Å². The number of hydrogen-bond donors (Lipinski definition) is 0. The Hall–Kier alpha value is -4.26. The van der Waals surface area contributed by atoms with Gasteiger partial charge >= 0.3 is 0 Å². The van der Waals surface area contributed by atoms with Gasteiger partial charge in [-0.2, -0.15) is 5.10 Å². The molecule has 0 unspecified atom stereocenters. The van der Waals surface area contributed by atoms with Crippen LogP contribution in [0.25, 0.3) is 0 Å². The third-order valence-corrected chi connectivity index (χ3v) is 8.35. The van der Waals surface area contributed by atoms with E-state index in [0.717, 1.165) is 11.1 Å². The molecule has 0 saturated carbocycles. The van der Waals surface area contributed by atoms with E-state index in [4.69, 9.17) is 14.6 Å². The molecule has 7 nitrogen and oxygen atoms in total. The fourth-order valence-electron chi connectivity index (χ4n) is 6.64. The van der Waals surface area contributed by atoms with Crippen LogP contribution in [-0.4, -0.2) is 48.8 Å². The topological polar surface area (TPSA) is 85.3 Å². The van der Waals surface area contributed by atoms with Gasteiger partial charge in [-0.3, -0.25) is 19.4 Å². The van der Waals surface area contributed by atoms with E-state index in [1.54, 1.807) is 54.7 Å². The average molecular weight is 523 g/mol. The molecule has 3 aromatic rings. The van der Waals surface area contributed by atoms with Crippen LogP contribution in [0.1, 0.15) is 70.1 Å². The second-order valence-electron chi connectivity index (χ2n) is 11.4. The highest BCUT2D eigenvalue weighted by molar-refractivity contribution is 6.31. The molecule has 1 saturated heterocycles. The number of ether oxygens (including phenoxy) is 2. The van der Waals surface area contributed by atoms with E-state index in [1.165, 1.54) is 7.11 Å². The molecule has 2 aliphatic heterocycles. The summed E-state index contributed by atoms with van der Waals surface area (Å²) in [7, 11) is 3.09. The molecule has 1 fully saturated rings. The highest BCUT2D eigenvalue weighted by Gasteiger charge is 2.73. The molecule has 198 valence electrons. The molecule has 0 N–H and O–H groups in total. The van der Waals surface area contributed by atoms with E-state index in [-0.39, 0.29) is 17.3 Å². The summed E-state index contributed by atoms with van der Waals surface area (Å²) < 4.78 is 11.1. The van der Waals surface area contributed by atoms with Gasteiger partial charge in [-0.05, 0) is 28.8 Å². The minimum absolute atomic E-state index is 0.0998. The third-order valence-electron chi connectivity index (χ3n) is 8.35. The Morgan fingerprint density at radius 3 is 2.10 bits per heavy atom. The van der Waals surface area contributed by atoms with Crippen molar-refractivity contribution in [2.45, 2.75) is 38.8 Å². The number of hydrazone groups is 1. The van der Waals surface area contributed by atoms with Crippen LogP contribution in [0.2, 0.25) is 0 Å². The van der Waals surface area contributed by atoms with Crippen LogP contribution in [0.4, 0.5) is 0 Å². The number of hydrogen-bond acceptors (Lipinski definition) is 7. The Balaban J connectivity index is 1.71. The van der Waals surface area contributed by atoms with Gasteiger partial charge in [0.05, 0.1) is 26.5 Å². The van der Waals surface area contributed by atoms with Gasteiger partial charge in [-0.1, -0.05) is 75.4 Å². The standard InChI is InChI=1S/C32H30N2O5/c1-31(2,3)30(37)26-25(18-14-15-23(38-4)24(16-18)39-5)32(28(35)21-12-8-9-13-22(21)29(32)36)27-20-11-7-6-10-19(20)17-33-34(26)27/h6-17,25-27H,1-5H3/t25-,26+,27+/m1/s1. The van der Waals surface area contributed by atoms with Gasteiger partial charge < -0.3 is 9.47 Å². The third kappa shape index (κ3) is 3.28. The van der Waals surface area contributed by atoms with Gasteiger partial charge in [-0.25, -0.2) is 0 Å². The largest absolute Gasteiger partial charge is 0.493 e. The maximum atomic E-state index is 14.7. The summed E-state index contributed by atoms with van der Waals surface area (Å²) in [6.07, 6.45) is 1.72. The Bertz CT molecular complexity index is 1530. The molecule has 2 heterocycles. The first kappa shape index (κ1) is 25.0. The first-order chi connectivity index (χ1) is 18.7. The van der Waals surface area contributed by atoms with Gasteiger partial charge in [0.2, 0.25) is 0 Å². The highest BCUT2D eigenvalue weighted by atomic mass is 16.5. The molecule has 3 aliphatic rings. The summed E-state index contributed by atoms with van der Waals surface area (Å²) in [6.45, 7) is 5.57. The summed E-state index contributed by atoms with van der Waals surface area (Å²) in [4.78, 5) is 43.7. The molecule has 3 atom stereocenters. The van der Waals surface area contributed by atoms with Crippen molar-refractivity contribution >= 4 is 23.6 Å². The lowest BCUT2D eigenvalue weighted by Gasteiger charge is -2.36. The van der Waals surface area contributed by atoms with Crippen LogP contribution in [0, 0.1) is 10.8 Å². The van der Waals surface area contributed by atoms with Crippen molar-refractivity contribution < 1.29 is 23.9 Å². The zero-order valence-electron chi connectivity index (χ0n) is 22.6. The lowest BCUT2D eigenvalue weighted by Crippen LogP contribution is -2.45. The number of carbonyl (C=O) groups excluding carboxylic acids is 3. The van der Waals surface area contributed by atoms with Crippen LogP contribution < -0.4 is 9.47 Å². The Morgan fingerprint density at radius 1 is 0.872 bits per heavy atom. The van der Waals surface area contributed by atoms with E-state index in [2.05, 4.69) is 0 Å². The minimum Gasteiger partial charge on any atom is -0.493 e. The quantitative estimate of drug-likeness (QED) is 0.436. The molecule has 0 aromatic heterocycles. The van der Waals surface area contributed by atoms with Crippen LogP contribution in [-0.2, 0) is 4.79 Å². The number of fused-ring (bicyclic) bond motifs is 5. The van der Waals surface area contributed by atoms with E-state index in [9.17, 15) is 14.4 Å². The lowest BCUT2D eigenvalue weighted by molar-refractivity contribution is -0.131. The van der Waals surface area contributed by atoms with Crippen molar-refractivity contribution in [2.24, 2.45) is 15.9 Å². The number of ketones is 3. The summed E-state index contributed by atoms with van der Waals surface area (Å²) in [5.41, 5.74) is 0.656. The van der Waals surface area contributed by atoms with E-state index >= 15 is 0 Å². The molecule has 0 radical (unpaired) electrons. The fourth-order valence-corrected chi connectivity index (χ4v) is 6.64. The average Bonchev–Trinajstić information content (AvgIpc) is 3.37. The molecule has 39 heavy (non-hydrogen) atoms. The lowest BCUT2D eigenvalue weighted by atomic mass is 9.62. The van der Waals surface area contributed by atoms with Crippen molar-refractivity contribution in [3.63, 3.8) is 0 Å². The van der Waals surface area contributed by atoms with Crippen LogP contribution >= 0.6 is 0 Å². The molecule has 3 aromatic carbocycles. The minimum atomic E-state index is -1.61. The molecule has 7 heteroatoms.